The van der Waals surface area contributed by atoms with Crippen molar-refractivity contribution >= 4 is 0 Å². The van der Waals surface area contributed by atoms with Crippen molar-refractivity contribution in [2.75, 3.05) is 40.3 Å². The first kappa shape index (κ1) is 14.4. The molecule has 0 bridgehead atoms. The number of methoxy groups -OCH3 is 1. The van der Waals surface area contributed by atoms with Crippen molar-refractivity contribution in [1.82, 2.24) is 10.2 Å². The van der Waals surface area contributed by atoms with E-state index in [4.69, 9.17) is 4.74 Å². The Kier molecular flexibility index (Phi) is 5.67. The molecular formula is C16H26N2O. The van der Waals surface area contributed by atoms with Crippen LogP contribution in [0, 0.1) is 0 Å². The zero-order chi connectivity index (χ0) is 13.5. The minimum atomic E-state index is 0.704. The highest BCUT2D eigenvalue weighted by atomic mass is 16.5. The molecule has 2 rings (SSSR count). The molecule has 19 heavy (non-hydrogen) atoms. The van der Waals surface area contributed by atoms with Crippen molar-refractivity contribution in [3.8, 4) is 5.75 Å². The van der Waals surface area contributed by atoms with Crippen LogP contribution in [0.25, 0.3) is 0 Å². The van der Waals surface area contributed by atoms with E-state index in [-0.39, 0.29) is 0 Å². The fourth-order valence-electron chi connectivity index (χ4n) is 2.86. The maximum absolute atomic E-state index is 5.31. The minimum absolute atomic E-state index is 0.704. The molecule has 1 aliphatic rings. The van der Waals surface area contributed by atoms with E-state index in [0.29, 0.717) is 5.92 Å². The largest absolute Gasteiger partial charge is 0.497 e. The predicted molar refractivity (Wildman–Crippen MR) is 80.0 cm³/mol. The van der Waals surface area contributed by atoms with Crippen molar-refractivity contribution in [2.45, 2.75) is 25.2 Å². The highest BCUT2D eigenvalue weighted by Gasteiger charge is 2.20. The van der Waals surface area contributed by atoms with Crippen molar-refractivity contribution in [3.63, 3.8) is 0 Å². The molecule has 1 saturated heterocycles. The second-order valence-corrected chi connectivity index (χ2v) is 5.35. The van der Waals surface area contributed by atoms with Crippen LogP contribution in [0.5, 0.6) is 5.75 Å². The number of benzene rings is 1. The molecule has 0 saturated carbocycles. The molecular weight excluding hydrogens is 236 g/mol. The number of piperidine rings is 1. The van der Waals surface area contributed by atoms with Crippen LogP contribution in [-0.4, -0.2) is 45.2 Å². The SMILES string of the molecule is CNCCCN1CCC(c2cccc(OC)c2)CC1. The molecule has 3 nitrogen and oxygen atoms in total. The summed E-state index contributed by atoms with van der Waals surface area (Å²) in [6.45, 7) is 4.80. The molecule has 1 aromatic carbocycles. The summed E-state index contributed by atoms with van der Waals surface area (Å²) in [6, 6.07) is 8.56. The average Bonchev–Trinajstić information content (AvgIpc) is 2.48. The second-order valence-electron chi connectivity index (χ2n) is 5.35. The monoisotopic (exact) mass is 262 g/mol. The third-order valence-corrected chi connectivity index (χ3v) is 4.05. The number of rotatable bonds is 6. The van der Waals surface area contributed by atoms with Gasteiger partial charge in [-0.15, -0.1) is 0 Å². The summed E-state index contributed by atoms with van der Waals surface area (Å²) in [5, 5.41) is 3.21. The van der Waals surface area contributed by atoms with Crippen LogP contribution in [0.1, 0.15) is 30.7 Å². The predicted octanol–water partition coefficient (Wildman–Crippen LogP) is 2.48. The van der Waals surface area contributed by atoms with E-state index >= 15 is 0 Å². The molecule has 1 heterocycles. The van der Waals surface area contributed by atoms with Crippen molar-refractivity contribution < 1.29 is 4.74 Å². The Morgan fingerprint density at radius 1 is 1.32 bits per heavy atom. The molecule has 1 N–H and O–H groups in total. The quantitative estimate of drug-likeness (QED) is 0.797. The summed E-state index contributed by atoms with van der Waals surface area (Å²) in [7, 11) is 3.76. The van der Waals surface area contributed by atoms with Crippen LogP contribution in [0.4, 0.5) is 0 Å². The Hall–Kier alpha value is -1.06. The Morgan fingerprint density at radius 3 is 2.79 bits per heavy atom. The summed E-state index contributed by atoms with van der Waals surface area (Å²) in [6.07, 6.45) is 3.79. The van der Waals surface area contributed by atoms with Gasteiger partial charge in [0.15, 0.2) is 0 Å². The van der Waals surface area contributed by atoms with Gasteiger partial charge in [0.1, 0.15) is 5.75 Å². The molecule has 1 aliphatic heterocycles. The fraction of sp³-hybridized carbons (Fsp3) is 0.625. The molecule has 0 aromatic heterocycles. The molecule has 0 spiro atoms. The van der Waals surface area contributed by atoms with E-state index in [0.717, 1.165) is 12.3 Å². The third-order valence-electron chi connectivity index (χ3n) is 4.05. The number of nitrogens with zero attached hydrogens (tertiary/aromatic N) is 1. The topological polar surface area (TPSA) is 24.5 Å². The lowest BCUT2D eigenvalue weighted by Crippen LogP contribution is -2.34. The summed E-state index contributed by atoms with van der Waals surface area (Å²) in [5.74, 6) is 1.68. The van der Waals surface area contributed by atoms with Gasteiger partial charge in [0.25, 0.3) is 0 Å². The maximum Gasteiger partial charge on any atom is 0.119 e. The molecule has 0 radical (unpaired) electrons. The fourth-order valence-corrected chi connectivity index (χ4v) is 2.86. The lowest BCUT2D eigenvalue weighted by Gasteiger charge is -2.32. The van der Waals surface area contributed by atoms with Gasteiger partial charge >= 0.3 is 0 Å². The highest BCUT2D eigenvalue weighted by Crippen LogP contribution is 2.29. The number of likely N-dealkylation sites (tertiary alicyclic amines) is 1. The standard InChI is InChI=1S/C16H26N2O/c1-17-9-4-10-18-11-7-14(8-12-18)15-5-3-6-16(13-15)19-2/h3,5-6,13-14,17H,4,7-12H2,1-2H3. The number of hydrogen-bond donors (Lipinski definition) is 1. The molecule has 0 aliphatic carbocycles. The summed E-state index contributed by atoms with van der Waals surface area (Å²) in [5.41, 5.74) is 1.44. The van der Waals surface area contributed by atoms with Gasteiger partial charge in [-0.25, -0.2) is 0 Å². The van der Waals surface area contributed by atoms with Crippen LogP contribution in [0.3, 0.4) is 0 Å². The highest BCUT2D eigenvalue weighted by molar-refractivity contribution is 5.31. The molecule has 0 atom stereocenters. The van der Waals surface area contributed by atoms with Gasteiger partial charge in [-0.3, -0.25) is 0 Å². The van der Waals surface area contributed by atoms with E-state index in [2.05, 4.69) is 28.4 Å². The first-order valence-corrected chi connectivity index (χ1v) is 7.34. The van der Waals surface area contributed by atoms with Crippen LogP contribution >= 0.6 is 0 Å². The smallest absolute Gasteiger partial charge is 0.119 e. The summed E-state index contributed by atoms with van der Waals surface area (Å²) in [4.78, 5) is 2.59. The second kappa shape index (κ2) is 7.51. The molecule has 0 unspecified atom stereocenters. The zero-order valence-electron chi connectivity index (χ0n) is 12.2. The van der Waals surface area contributed by atoms with Gasteiger partial charge in [-0.1, -0.05) is 12.1 Å². The Bertz CT molecular complexity index is 373. The van der Waals surface area contributed by atoms with Gasteiger partial charge in [0, 0.05) is 0 Å². The number of hydrogen-bond acceptors (Lipinski definition) is 3. The van der Waals surface area contributed by atoms with E-state index in [1.807, 2.05) is 13.1 Å². The molecule has 1 aromatic rings. The van der Waals surface area contributed by atoms with Crippen molar-refractivity contribution in [2.24, 2.45) is 0 Å². The minimum Gasteiger partial charge on any atom is -0.497 e. The lowest BCUT2D eigenvalue weighted by molar-refractivity contribution is 0.210. The van der Waals surface area contributed by atoms with E-state index in [1.54, 1.807) is 7.11 Å². The first-order valence-electron chi connectivity index (χ1n) is 7.34. The van der Waals surface area contributed by atoms with Gasteiger partial charge in [0.2, 0.25) is 0 Å². The molecule has 1 fully saturated rings. The van der Waals surface area contributed by atoms with Gasteiger partial charge in [-0.2, -0.15) is 0 Å². The Balaban J connectivity index is 1.82. The Labute approximate surface area is 116 Å². The molecule has 3 heteroatoms. The zero-order valence-corrected chi connectivity index (χ0v) is 12.2. The van der Waals surface area contributed by atoms with Gasteiger partial charge in [-0.05, 0) is 76.1 Å². The van der Waals surface area contributed by atoms with E-state index in [1.165, 1.54) is 44.5 Å². The maximum atomic E-state index is 5.31. The molecule has 106 valence electrons. The third kappa shape index (κ3) is 4.22. The normalized spacial score (nSPS) is 17.6. The average molecular weight is 262 g/mol. The first-order chi connectivity index (χ1) is 9.33. The number of ether oxygens (including phenoxy) is 1. The van der Waals surface area contributed by atoms with E-state index in [9.17, 15) is 0 Å². The van der Waals surface area contributed by atoms with Crippen molar-refractivity contribution in [3.05, 3.63) is 29.8 Å². The van der Waals surface area contributed by atoms with Crippen molar-refractivity contribution in [1.29, 1.82) is 0 Å². The van der Waals surface area contributed by atoms with E-state index < -0.39 is 0 Å². The van der Waals surface area contributed by atoms with Gasteiger partial charge < -0.3 is 15.0 Å². The summed E-state index contributed by atoms with van der Waals surface area (Å²) < 4.78 is 5.31. The number of nitrogens with one attached hydrogen (secondary N) is 1. The van der Waals surface area contributed by atoms with Crippen LogP contribution in [-0.2, 0) is 0 Å². The van der Waals surface area contributed by atoms with Gasteiger partial charge in [0.05, 0.1) is 7.11 Å². The van der Waals surface area contributed by atoms with Crippen LogP contribution in [0.2, 0.25) is 0 Å². The summed E-state index contributed by atoms with van der Waals surface area (Å²) >= 11 is 0. The Morgan fingerprint density at radius 2 is 2.11 bits per heavy atom. The van der Waals surface area contributed by atoms with Crippen LogP contribution < -0.4 is 10.1 Å². The lowest BCUT2D eigenvalue weighted by atomic mass is 9.89. The van der Waals surface area contributed by atoms with Crippen LogP contribution in [0.15, 0.2) is 24.3 Å². The molecule has 0 amide bonds.